The molecular formula is C13H15N5O5S. The molecule has 0 aliphatic heterocycles. The number of carboxylic acids is 1. The summed E-state index contributed by atoms with van der Waals surface area (Å²) in [5, 5.41) is 8.38. The normalized spacial score (nSPS) is 9.54. The molecule has 0 atom stereocenters. The zero-order valence-electron chi connectivity index (χ0n) is 12.7. The summed E-state index contributed by atoms with van der Waals surface area (Å²) in [5.41, 5.74) is 16.3. The fourth-order valence-electron chi connectivity index (χ4n) is 1.24. The number of carbonyl (C=O) groups excluding carboxylic acids is 1. The first-order valence-electron chi connectivity index (χ1n) is 6.40. The van der Waals surface area contributed by atoms with E-state index in [0.29, 0.717) is 12.4 Å². The first kappa shape index (κ1) is 21.0. The third-order valence-corrected chi connectivity index (χ3v) is 3.81. The van der Waals surface area contributed by atoms with Crippen LogP contribution in [-0.4, -0.2) is 53.8 Å². The number of aliphatic carboxylic acids is 1. The number of aryl methyl sites for hydroxylation is 1. The van der Waals surface area contributed by atoms with Gasteiger partial charge >= 0.3 is 24.2 Å². The third kappa shape index (κ3) is 9.13. The molecule has 0 bridgehead atoms. The molecule has 0 amide bonds. The van der Waals surface area contributed by atoms with Crippen LogP contribution in [0.1, 0.15) is 12.0 Å². The first-order chi connectivity index (χ1) is 11.2. The van der Waals surface area contributed by atoms with E-state index in [1.54, 1.807) is 12.1 Å². The number of nitrogens with one attached hydrogen (secondary N) is 1. The lowest BCUT2D eigenvalue weighted by atomic mass is 10.2. The maximum atomic E-state index is 11.6. The summed E-state index contributed by atoms with van der Waals surface area (Å²) >= 11 is 0. The molecule has 11 heteroatoms. The van der Waals surface area contributed by atoms with Gasteiger partial charge in [-0.05, 0) is 19.1 Å². The van der Waals surface area contributed by atoms with Crippen LogP contribution in [0.25, 0.3) is 11.1 Å². The van der Waals surface area contributed by atoms with Gasteiger partial charge < -0.3 is 16.2 Å². The average Bonchev–Trinajstić information content (AvgIpc) is 2.48. The number of carboxylic acid groups (broad SMARTS) is 1. The van der Waals surface area contributed by atoms with Crippen molar-refractivity contribution < 1.29 is 32.7 Å². The third-order valence-electron chi connectivity index (χ3n) is 2.33. The van der Waals surface area contributed by atoms with Gasteiger partial charge in [-0.3, -0.25) is 9.59 Å². The molecule has 0 saturated heterocycles. The molecular weight excluding hydrogens is 338 g/mol. The quantitative estimate of drug-likeness (QED) is 0.395. The standard InChI is InChI=1S/C10H13NO4S.C3H2N4O/c1-8-2-4-9(5-3-8)16(14,15)11-7-6-10(12)13;4-6-1-3(8)2-7-5/h2-5,11H,6-7H2,1H3,(H,12,13);1-2H. The molecule has 0 aromatic heterocycles. The number of rotatable bonds is 7. The Hall–Kier alpha value is -2.97. The van der Waals surface area contributed by atoms with Crippen LogP contribution in [0.15, 0.2) is 29.2 Å². The van der Waals surface area contributed by atoms with Gasteiger partial charge in [0.05, 0.1) is 11.3 Å². The lowest BCUT2D eigenvalue weighted by Crippen LogP contribution is -2.26. The number of nitrogens with zero attached hydrogens (tertiary/aromatic N) is 4. The van der Waals surface area contributed by atoms with Crippen molar-refractivity contribution in [1.82, 2.24) is 4.72 Å². The van der Waals surface area contributed by atoms with Gasteiger partial charge in [-0.15, -0.1) is 0 Å². The van der Waals surface area contributed by atoms with Gasteiger partial charge in [-0.1, -0.05) is 17.7 Å². The summed E-state index contributed by atoms with van der Waals surface area (Å²) in [6.45, 7) is 1.75. The zero-order chi connectivity index (χ0) is 18.6. The highest BCUT2D eigenvalue weighted by atomic mass is 32.2. The Balaban J connectivity index is 0.000000561. The molecule has 0 saturated carbocycles. The number of Topliss-reactive ketones (excluding diaryl/α,β-unsaturated/α-hetero) is 1. The van der Waals surface area contributed by atoms with E-state index < -0.39 is 21.8 Å². The number of hydrogen-bond acceptors (Lipinski definition) is 4. The summed E-state index contributed by atoms with van der Waals surface area (Å²) in [7, 11) is -3.59. The van der Waals surface area contributed by atoms with E-state index in [1.165, 1.54) is 12.1 Å². The van der Waals surface area contributed by atoms with E-state index in [1.807, 2.05) is 6.92 Å². The predicted molar refractivity (Wildman–Crippen MR) is 83.0 cm³/mol. The highest BCUT2D eigenvalue weighted by Gasteiger charge is 2.13. The van der Waals surface area contributed by atoms with Crippen molar-refractivity contribution in [1.29, 1.82) is 0 Å². The number of benzene rings is 1. The van der Waals surface area contributed by atoms with E-state index in [9.17, 15) is 18.0 Å². The van der Waals surface area contributed by atoms with E-state index in [2.05, 4.69) is 14.3 Å². The van der Waals surface area contributed by atoms with Gasteiger partial charge in [0.1, 0.15) is 0 Å². The molecule has 2 N–H and O–H groups in total. The Morgan fingerprint density at radius 1 is 1.17 bits per heavy atom. The van der Waals surface area contributed by atoms with Crippen LogP contribution >= 0.6 is 0 Å². The molecule has 0 heterocycles. The van der Waals surface area contributed by atoms with Crippen LogP contribution in [0, 0.1) is 6.92 Å². The Morgan fingerprint density at radius 3 is 2.08 bits per heavy atom. The molecule has 0 unspecified atom stereocenters. The van der Waals surface area contributed by atoms with E-state index >= 15 is 0 Å². The average molecular weight is 353 g/mol. The van der Waals surface area contributed by atoms with Gasteiger partial charge in [0.15, 0.2) is 0 Å². The molecule has 1 aromatic carbocycles. The summed E-state index contributed by atoms with van der Waals surface area (Å²) in [6.07, 6.45) is 0.991. The minimum absolute atomic E-state index is 0.106. The number of hydrogen-bond donors (Lipinski definition) is 2. The number of sulfonamides is 1. The maximum Gasteiger partial charge on any atom is 0.339 e. The molecule has 0 aliphatic carbocycles. The van der Waals surface area contributed by atoms with Crippen molar-refractivity contribution in [3.63, 3.8) is 0 Å². The smallest absolute Gasteiger partial charge is 0.339 e. The molecule has 0 radical (unpaired) electrons. The van der Waals surface area contributed by atoms with E-state index in [-0.39, 0.29) is 17.9 Å². The van der Waals surface area contributed by atoms with Crippen LogP contribution in [0.2, 0.25) is 0 Å². The Morgan fingerprint density at radius 2 is 1.67 bits per heavy atom. The molecule has 0 fully saturated rings. The van der Waals surface area contributed by atoms with Crippen molar-refractivity contribution in [2.75, 3.05) is 6.54 Å². The molecule has 24 heavy (non-hydrogen) atoms. The van der Waals surface area contributed by atoms with Crippen molar-refractivity contribution in [3.05, 3.63) is 40.9 Å². The molecule has 128 valence electrons. The van der Waals surface area contributed by atoms with Crippen LogP contribution < -0.4 is 4.72 Å². The van der Waals surface area contributed by atoms with Crippen LogP contribution in [-0.2, 0) is 19.6 Å². The monoisotopic (exact) mass is 353 g/mol. The lowest BCUT2D eigenvalue weighted by molar-refractivity contribution is -0.136. The van der Waals surface area contributed by atoms with Gasteiger partial charge in [0, 0.05) is 6.54 Å². The van der Waals surface area contributed by atoms with Crippen LogP contribution in [0.5, 0.6) is 0 Å². The van der Waals surface area contributed by atoms with Gasteiger partial charge in [0.2, 0.25) is 10.0 Å². The number of ketones is 1. The summed E-state index contributed by atoms with van der Waals surface area (Å²) in [4.78, 5) is 25.2. The second-order valence-corrected chi connectivity index (χ2v) is 6.01. The second-order valence-electron chi connectivity index (χ2n) is 4.25. The Kier molecular flexibility index (Phi) is 9.38. The minimum atomic E-state index is -3.59. The van der Waals surface area contributed by atoms with E-state index in [4.69, 9.17) is 16.2 Å². The molecule has 0 aliphatic rings. The minimum Gasteiger partial charge on any atom is -0.481 e. The molecule has 1 rings (SSSR count). The lowest BCUT2D eigenvalue weighted by Gasteiger charge is -2.05. The van der Waals surface area contributed by atoms with Crippen LogP contribution in [0.3, 0.4) is 0 Å². The van der Waals surface area contributed by atoms with Gasteiger partial charge in [0.25, 0.3) is 0 Å². The Labute approximate surface area is 138 Å². The summed E-state index contributed by atoms with van der Waals surface area (Å²) < 4.78 is 25.5. The van der Waals surface area contributed by atoms with Crippen molar-refractivity contribution in [2.24, 2.45) is 0 Å². The SMILES string of the molecule is Cc1ccc(S(=O)(=O)NCCC(=O)O)cc1.[N-]=[N+]=CC(=O)C=[N+]=[N-]. The van der Waals surface area contributed by atoms with Crippen molar-refractivity contribution in [2.45, 2.75) is 18.2 Å². The molecule has 1 aromatic rings. The largest absolute Gasteiger partial charge is 0.481 e. The van der Waals surface area contributed by atoms with Gasteiger partial charge in [-0.25, -0.2) is 13.1 Å². The molecule has 0 spiro atoms. The highest BCUT2D eigenvalue weighted by Crippen LogP contribution is 2.09. The summed E-state index contributed by atoms with van der Waals surface area (Å²) in [6, 6.07) is 6.34. The zero-order valence-corrected chi connectivity index (χ0v) is 13.5. The molecule has 10 nitrogen and oxygen atoms in total. The number of carbonyl (C=O) groups is 2. The van der Waals surface area contributed by atoms with E-state index in [0.717, 1.165) is 5.56 Å². The topological polar surface area (TPSA) is 173 Å². The summed E-state index contributed by atoms with van der Waals surface area (Å²) in [5.74, 6) is -1.71. The van der Waals surface area contributed by atoms with Crippen molar-refractivity contribution in [3.8, 4) is 0 Å². The second kappa shape index (κ2) is 10.7. The first-order valence-corrected chi connectivity index (χ1v) is 7.88. The fourth-order valence-corrected chi connectivity index (χ4v) is 2.27. The highest BCUT2D eigenvalue weighted by molar-refractivity contribution is 7.89. The Bertz CT molecular complexity index is 755. The van der Waals surface area contributed by atoms with Gasteiger partial charge in [-0.2, -0.15) is 9.58 Å². The predicted octanol–water partition coefficient (Wildman–Crippen LogP) is -0.0953. The van der Waals surface area contributed by atoms with Crippen LogP contribution in [0.4, 0.5) is 0 Å². The van der Waals surface area contributed by atoms with Crippen molar-refractivity contribution >= 4 is 34.2 Å². The maximum absolute atomic E-state index is 11.6. The fraction of sp³-hybridized carbons (Fsp3) is 0.231.